The van der Waals surface area contributed by atoms with Crippen LogP contribution in [0, 0.1) is 18.6 Å². The van der Waals surface area contributed by atoms with Crippen LogP contribution >= 0.6 is 7.92 Å². The molecule has 2 aromatic carbocycles. The number of rotatable bonds is 5. The summed E-state index contributed by atoms with van der Waals surface area (Å²) in [6.07, 6.45) is 9.41. The summed E-state index contributed by atoms with van der Waals surface area (Å²) < 4.78 is 7.50. The summed E-state index contributed by atoms with van der Waals surface area (Å²) in [6, 6.07) is 22.5. The smallest absolute Gasteiger partial charge is 2.00 e. The molecular formula is C33H45NOPRu+. The second-order valence-corrected chi connectivity index (χ2v) is 14.7. The Kier molecular flexibility index (Phi) is 14.9. The minimum atomic E-state index is -0.0612. The van der Waals surface area contributed by atoms with Gasteiger partial charge in [0.2, 0.25) is 0 Å². The van der Waals surface area contributed by atoms with Crippen molar-refractivity contribution in [1.29, 1.82) is 0 Å². The zero-order chi connectivity index (χ0) is 26.7. The van der Waals surface area contributed by atoms with Crippen LogP contribution in [0.4, 0.5) is 0 Å². The first-order valence-electron chi connectivity index (χ1n) is 13.5. The van der Waals surface area contributed by atoms with Crippen molar-refractivity contribution in [2.45, 2.75) is 96.0 Å². The monoisotopic (exact) mass is 604 g/mol. The molecule has 0 amide bonds. The van der Waals surface area contributed by atoms with Crippen LogP contribution in [0.3, 0.4) is 0 Å². The molecule has 2 aliphatic carbocycles. The van der Waals surface area contributed by atoms with Crippen molar-refractivity contribution >= 4 is 14.1 Å². The van der Waals surface area contributed by atoms with Crippen LogP contribution in [0.15, 0.2) is 77.8 Å². The summed E-state index contributed by atoms with van der Waals surface area (Å²) in [5, 5.41) is 0. The first-order chi connectivity index (χ1) is 17.3. The van der Waals surface area contributed by atoms with E-state index < -0.39 is 0 Å². The molecule has 1 unspecified atom stereocenters. The van der Waals surface area contributed by atoms with E-state index in [-0.39, 0.29) is 32.8 Å². The standard InChI is InChI=1S/C18H14N.C9H21P.C5H10.CO.Ru/c1-13-12-19-17-16(13)18(17,14-8-4-2-5-9-14)15-10-6-3-7-11-15;1-7(2)10(8(3)4)9(5)6;1-2-4-5-3-1;1-2;/h2-12,16H,1H2;7-9H,1-6H3;1-5H2;;/q-1;;;;+2. The molecule has 0 bridgehead atoms. The third kappa shape index (κ3) is 8.25. The molecule has 200 valence electrons. The van der Waals surface area contributed by atoms with Crippen molar-refractivity contribution in [2.75, 3.05) is 0 Å². The molecule has 4 heteroatoms. The minimum Gasteiger partial charge on any atom is 2.00 e. The van der Waals surface area contributed by atoms with Crippen LogP contribution in [0.2, 0.25) is 0 Å². The van der Waals surface area contributed by atoms with E-state index in [1.54, 1.807) is 0 Å². The van der Waals surface area contributed by atoms with Gasteiger partial charge in [-0.1, -0.05) is 148 Å². The summed E-state index contributed by atoms with van der Waals surface area (Å²) in [5.74, 6) is 0.359. The molecule has 1 heterocycles. The molecule has 1 atom stereocenters. The molecule has 2 nitrogen and oxygen atoms in total. The van der Waals surface area contributed by atoms with Gasteiger partial charge in [0, 0.05) is 0 Å². The summed E-state index contributed by atoms with van der Waals surface area (Å²) >= 11 is 0. The predicted octanol–water partition coefficient (Wildman–Crippen LogP) is 9.38. The molecular weight excluding hydrogens is 558 g/mol. The molecule has 2 fully saturated rings. The van der Waals surface area contributed by atoms with E-state index in [4.69, 9.17) is 4.65 Å². The Bertz CT molecular complexity index is 897. The zero-order valence-corrected chi connectivity index (χ0v) is 26.2. The first kappa shape index (κ1) is 33.5. The van der Waals surface area contributed by atoms with E-state index in [1.807, 2.05) is 6.21 Å². The largest absolute Gasteiger partial charge is 2.00 e. The molecule has 0 saturated heterocycles. The Labute approximate surface area is 241 Å². The summed E-state index contributed by atoms with van der Waals surface area (Å²) in [6.45, 7) is 22.8. The summed E-state index contributed by atoms with van der Waals surface area (Å²) in [4.78, 5) is 4.59. The molecule has 0 radical (unpaired) electrons. The maximum Gasteiger partial charge on any atom is 2.00 e. The number of nitrogens with zero attached hydrogens (tertiary/aromatic N) is 1. The van der Waals surface area contributed by atoms with Gasteiger partial charge >= 0.3 is 30.8 Å². The average molecular weight is 604 g/mol. The second kappa shape index (κ2) is 16.5. The number of benzene rings is 2. The molecule has 3 aliphatic rings. The SMILES string of the molecule is C1CCCC1.C=C1C=N[C-]2C1C2(c1ccccc1)c1ccccc1.CC(C)P(C(C)C)C(C)C.[C-]#[O+].[Ru+2]. The fraction of sp³-hybridized carbons (Fsp3) is 0.485. The van der Waals surface area contributed by atoms with E-state index in [0.29, 0.717) is 5.92 Å². The third-order valence-corrected chi connectivity index (χ3v) is 10.8. The Morgan fingerprint density at radius 2 is 1.14 bits per heavy atom. The predicted molar refractivity (Wildman–Crippen MR) is 157 cm³/mol. The first-order valence-corrected chi connectivity index (χ1v) is 15.1. The van der Waals surface area contributed by atoms with Gasteiger partial charge in [0.25, 0.3) is 0 Å². The van der Waals surface area contributed by atoms with Crippen molar-refractivity contribution in [2.24, 2.45) is 10.9 Å². The van der Waals surface area contributed by atoms with Gasteiger partial charge in [-0.3, -0.25) is 0 Å². The van der Waals surface area contributed by atoms with Crippen molar-refractivity contribution in [3.05, 3.63) is 96.6 Å². The van der Waals surface area contributed by atoms with Crippen molar-refractivity contribution in [3.63, 3.8) is 0 Å². The number of hydrogen-bond acceptors (Lipinski definition) is 1. The van der Waals surface area contributed by atoms with E-state index in [0.717, 1.165) is 22.6 Å². The minimum absolute atomic E-state index is 0. The van der Waals surface area contributed by atoms with Crippen LogP contribution in [0.5, 0.6) is 0 Å². The van der Waals surface area contributed by atoms with Crippen LogP contribution in [-0.4, -0.2) is 23.2 Å². The van der Waals surface area contributed by atoms with Gasteiger partial charge in [0.05, 0.1) is 0 Å². The number of hydrogen-bond donors (Lipinski definition) is 0. The van der Waals surface area contributed by atoms with Crippen LogP contribution in [0.1, 0.15) is 84.8 Å². The van der Waals surface area contributed by atoms with Gasteiger partial charge in [-0.25, -0.2) is 0 Å². The average Bonchev–Trinajstić information content (AvgIpc) is 3.21. The quantitative estimate of drug-likeness (QED) is 0.141. The maximum absolute atomic E-state index is 7.50. The number of aliphatic imine (C=N–C) groups is 1. The van der Waals surface area contributed by atoms with Gasteiger partial charge in [-0.15, -0.1) is 24.4 Å². The molecule has 0 spiro atoms. The topological polar surface area (TPSA) is 32.3 Å². The van der Waals surface area contributed by atoms with Crippen molar-refractivity contribution in [3.8, 4) is 0 Å². The van der Waals surface area contributed by atoms with Crippen molar-refractivity contribution in [1.82, 2.24) is 0 Å². The van der Waals surface area contributed by atoms with E-state index in [2.05, 4.69) is 120 Å². The molecule has 5 rings (SSSR count). The van der Waals surface area contributed by atoms with Crippen LogP contribution in [0.25, 0.3) is 0 Å². The van der Waals surface area contributed by atoms with Crippen molar-refractivity contribution < 1.29 is 24.1 Å². The molecule has 2 saturated carbocycles. The molecule has 2 aromatic rings. The third-order valence-electron chi connectivity index (χ3n) is 7.26. The second-order valence-electron chi connectivity index (χ2n) is 10.7. The fourth-order valence-corrected chi connectivity index (χ4v) is 9.62. The molecule has 0 aromatic heterocycles. The van der Waals surface area contributed by atoms with Gasteiger partial charge in [0.15, 0.2) is 0 Å². The zero-order valence-electron chi connectivity index (χ0n) is 23.6. The Morgan fingerprint density at radius 1 is 0.784 bits per heavy atom. The number of fused-ring (bicyclic) bond motifs is 1. The van der Waals surface area contributed by atoms with Crippen LogP contribution in [-0.2, 0) is 29.5 Å². The van der Waals surface area contributed by atoms with E-state index in [1.165, 1.54) is 49.3 Å². The van der Waals surface area contributed by atoms with Gasteiger partial charge in [-0.2, -0.15) is 0 Å². The van der Waals surface area contributed by atoms with E-state index in [9.17, 15) is 0 Å². The van der Waals surface area contributed by atoms with Gasteiger partial charge in [-0.05, 0) is 33.5 Å². The van der Waals surface area contributed by atoms with Gasteiger partial charge in [0.1, 0.15) is 0 Å². The molecule has 0 N–H and O–H groups in total. The molecule has 37 heavy (non-hydrogen) atoms. The van der Waals surface area contributed by atoms with Crippen LogP contribution < -0.4 is 0 Å². The Hall–Kier alpha value is -1.49. The van der Waals surface area contributed by atoms with Gasteiger partial charge < -0.3 is 4.99 Å². The normalized spacial score (nSPS) is 18.2. The fourth-order valence-electron chi connectivity index (χ4n) is 6.04. The Balaban J connectivity index is 0.000000322. The molecule has 1 aliphatic heterocycles. The Morgan fingerprint density at radius 3 is 1.38 bits per heavy atom. The summed E-state index contributed by atoms with van der Waals surface area (Å²) in [7, 11) is 0.262. The maximum atomic E-state index is 7.50. The van der Waals surface area contributed by atoms with E-state index >= 15 is 0 Å². The summed E-state index contributed by atoms with van der Waals surface area (Å²) in [5.41, 5.74) is 6.40.